The molecule has 0 spiro atoms. The standard InChI is InChI=1S/C34H43N3O5/c1-35-34(38)21-26-5-3-6-29(19-26)41-23-25-7-10-28(11-8-25)30-13-14-36-22-33(30)42-24-27-9-12-32-31(20-27)37(16-18-40-32)15-4-17-39-2/h3,5-12,19-20,30,33,36H,4,13-18,21-24H2,1-2H3,(H,35,38). The number of likely N-dealkylation sites (N-methyl/N-ethyl adjacent to an activating group) is 1. The van der Waals surface area contributed by atoms with Crippen molar-refractivity contribution in [2.45, 2.75) is 44.5 Å². The van der Waals surface area contributed by atoms with Crippen LogP contribution in [0.1, 0.15) is 41.0 Å². The monoisotopic (exact) mass is 573 g/mol. The molecule has 5 rings (SSSR count). The molecule has 1 amide bonds. The number of ether oxygens (including phenoxy) is 4. The third-order valence-electron chi connectivity index (χ3n) is 8.01. The largest absolute Gasteiger partial charge is 0.490 e. The van der Waals surface area contributed by atoms with Gasteiger partial charge in [0.2, 0.25) is 5.91 Å². The van der Waals surface area contributed by atoms with Crippen molar-refractivity contribution in [1.29, 1.82) is 0 Å². The van der Waals surface area contributed by atoms with Crippen LogP contribution in [0.3, 0.4) is 0 Å². The van der Waals surface area contributed by atoms with E-state index in [0.29, 0.717) is 32.2 Å². The summed E-state index contributed by atoms with van der Waals surface area (Å²) in [5.41, 5.74) is 5.64. The highest BCUT2D eigenvalue weighted by molar-refractivity contribution is 5.78. The summed E-state index contributed by atoms with van der Waals surface area (Å²) in [4.78, 5) is 14.1. The predicted molar refractivity (Wildman–Crippen MR) is 164 cm³/mol. The average molecular weight is 574 g/mol. The van der Waals surface area contributed by atoms with Gasteiger partial charge in [-0.15, -0.1) is 0 Å². The van der Waals surface area contributed by atoms with Crippen molar-refractivity contribution in [1.82, 2.24) is 10.6 Å². The fraction of sp³-hybridized carbons (Fsp3) is 0.441. The first-order chi connectivity index (χ1) is 20.6. The van der Waals surface area contributed by atoms with Crippen LogP contribution < -0.4 is 25.0 Å². The molecule has 0 aliphatic carbocycles. The van der Waals surface area contributed by atoms with E-state index in [0.717, 1.165) is 79.5 Å². The molecule has 0 aromatic heterocycles. The Bertz CT molecular complexity index is 1300. The maximum Gasteiger partial charge on any atom is 0.224 e. The molecule has 0 radical (unpaired) electrons. The zero-order valence-electron chi connectivity index (χ0n) is 24.8. The minimum Gasteiger partial charge on any atom is -0.490 e. The van der Waals surface area contributed by atoms with E-state index in [1.54, 1.807) is 14.2 Å². The predicted octanol–water partition coefficient (Wildman–Crippen LogP) is 4.45. The first-order valence-electron chi connectivity index (χ1n) is 15.0. The number of piperidine rings is 1. The summed E-state index contributed by atoms with van der Waals surface area (Å²) >= 11 is 0. The van der Waals surface area contributed by atoms with Gasteiger partial charge in [-0.25, -0.2) is 0 Å². The van der Waals surface area contributed by atoms with Gasteiger partial charge in [0.25, 0.3) is 0 Å². The first-order valence-corrected chi connectivity index (χ1v) is 15.0. The summed E-state index contributed by atoms with van der Waals surface area (Å²) in [6.07, 6.45) is 2.46. The van der Waals surface area contributed by atoms with Crippen molar-refractivity contribution < 1.29 is 23.7 Å². The van der Waals surface area contributed by atoms with Gasteiger partial charge in [0, 0.05) is 39.8 Å². The number of carbonyl (C=O) groups excluding carboxylic acids is 1. The van der Waals surface area contributed by atoms with Crippen LogP contribution in [0.25, 0.3) is 0 Å². The molecule has 8 nitrogen and oxygen atoms in total. The number of hydrogen-bond donors (Lipinski definition) is 2. The van der Waals surface area contributed by atoms with E-state index in [1.807, 2.05) is 24.3 Å². The summed E-state index contributed by atoms with van der Waals surface area (Å²) in [7, 11) is 3.40. The summed E-state index contributed by atoms with van der Waals surface area (Å²) in [6.45, 7) is 6.16. The van der Waals surface area contributed by atoms with Crippen LogP contribution in [0.4, 0.5) is 5.69 Å². The van der Waals surface area contributed by atoms with Crippen molar-refractivity contribution in [3.8, 4) is 11.5 Å². The average Bonchev–Trinajstić information content (AvgIpc) is 3.03. The third kappa shape index (κ3) is 8.03. The number of methoxy groups -OCH3 is 1. The Hall–Kier alpha value is -3.59. The van der Waals surface area contributed by atoms with Gasteiger partial charge in [0.15, 0.2) is 0 Å². The number of rotatable bonds is 13. The maximum absolute atomic E-state index is 11.7. The number of benzene rings is 3. The van der Waals surface area contributed by atoms with E-state index < -0.39 is 0 Å². The molecule has 2 aliphatic heterocycles. The zero-order chi connectivity index (χ0) is 29.1. The number of fused-ring (bicyclic) bond motifs is 1. The Balaban J connectivity index is 1.17. The topological polar surface area (TPSA) is 81.3 Å². The minimum absolute atomic E-state index is 0.0133. The normalized spacial score (nSPS) is 18.2. The Labute approximate surface area is 249 Å². The van der Waals surface area contributed by atoms with E-state index >= 15 is 0 Å². The van der Waals surface area contributed by atoms with Gasteiger partial charge < -0.3 is 34.5 Å². The lowest BCUT2D eigenvalue weighted by molar-refractivity contribution is -0.119. The number of nitrogens with zero attached hydrogens (tertiary/aromatic N) is 1. The van der Waals surface area contributed by atoms with Gasteiger partial charge in [-0.05, 0) is 65.9 Å². The Kier molecular flexibility index (Phi) is 10.7. The second kappa shape index (κ2) is 15.0. The Morgan fingerprint density at radius 3 is 2.74 bits per heavy atom. The molecule has 3 aromatic rings. The molecule has 2 aliphatic rings. The molecule has 2 atom stereocenters. The van der Waals surface area contributed by atoms with E-state index in [2.05, 4.69) is 58.0 Å². The molecule has 1 fully saturated rings. The lowest BCUT2D eigenvalue weighted by Crippen LogP contribution is -2.41. The summed E-state index contributed by atoms with van der Waals surface area (Å²) < 4.78 is 23.7. The van der Waals surface area contributed by atoms with Crippen molar-refractivity contribution in [2.75, 3.05) is 58.5 Å². The smallest absolute Gasteiger partial charge is 0.224 e. The van der Waals surface area contributed by atoms with Gasteiger partial charge in [0.05, 0.1) is 31.4 Å². The molecule has 2 unspecified atom stereocenters. The third-order valence-corrected chi connectivity index (χ3v) is 8.01. The van der Waals surface area contributed by atoms with Gasteiger partial charge in [-0.3, -0.25) is 4.79 Å². The highest BCUT2D eigenvalue weighted by Gasteiger charge is 2.27. The summed E-state index contributed by atoms with van der Waals surface area (Å²) in [5, 5.41) is 6.18. The molecular formula is C34H43N3O5. The Morgan fingerprint density at radius 2 is 1.90 bits per heavy atom. The first kappa shape index (κ1) is 29.9. The van der Waals surface area contributed by atoms with Gasteiger partial charge in [-0.1, -0.05) is 42.5 Å². The van der Waals surface area contributed by atoms with Crippen LogP contribution in [0.5, 0.6) is 11.5 Å². The van der Waals surface area contributed by atoms with E-state index in [1.165, 1.54) is 5.56 Å². The van der Waals surface area contributed by atoms with Crippen LogP contribution in [0.15, 0.2) is 66.7 Å². The van der Waals surface area contributed by atoms with Crippen LogP contribution in [-0.4, -0.2) is 65.6 Å². The minimum atomic E-state index is -0.0133. The van der Waals surface area contributed by atoms with Crippen LogP contribution >= 0.6 is 0 Å². The molecule has 0 saturated carbocycles. The number of anilines is 1. The fourth-order valence-electron chi connectivity index (χ4n) is 5.68. The molecule has 2 N–H and O–H groups in total. The van der Waals surface area contributed by atoms with Crippen molar-refractivity contribution in [3.05, 3.63) is 89.0 Å². The molecule has 3 aromatic carbocycles. The van der Waals surface area contributed by atoms with Gasteiger partial charge in [-0.2, -0.15) is 0 Å². The highest BCUT2D eigenvalue weighted by Crippen LogP contribution is 2.34. The van der Waals surface area contributed by atoms with E-state index in [9.17, 15) is 4.79 Å². The van der Waals surface area contributed by atoms with Gasteiger partial charge >= 0.3 is 0 Å². The van der Waals surface area contributed by atoms with Crippen LogP contribution in [0.2, 0.25) is 0 Å². The number of amides is 1. The molecule has 2 heterocycles. The van der Waals surface area contributed by atoms with Crippen molar-refractivity contribution in [3.63, 3.8) is 0 Å². The van der Waals surface area contributed by atoms with Crippen LogP contribution in [0, 0.1) is 0 Å². The molecular weight excluding hydrogens is 530 g/mol. The second-order valence-corrected chi connectivity index (χ2v) is 11.0. The molecule has 224 valence electrons. The molecule has 42 heavy (non-hydrogen) atoms. The zero-order valence-corrected chi connectivity index (χ0v) is 24.8. The van der Waals surface area contributed by atoms with Crippen LogP contribution in [-0.2, 0) is 33.9 Å². The highest BCUT2D eigenvalue weighted by atomic mass is 16.5. The number of carbonyl (C=O) groups is 1. The number of hydrogen-bond acceptors (Lipinski definition) is 7. The van der Waals surface area contributed by atoms with Crippen molar-refractivity contribution >= 4 is 11.6 Å². The quantitative estimate of drug-likeness (QED) is 0.293. The molecule has 0 bridgehead atoms. The second-order valence-electron chi connectivity index (χ2n) is 11.0. The lowest BCUT2D eigenvalue weighted by atomic mass is 9.87. The van der Waals surface area contributed by atoms with Crippen molar-refractivity contribution in [2.24, 2.45) is 0 Å². The number of nitrogens with one attached hydrogen (secondary N) is 2. The van der Waals surface area contributed by atoms with E-state index in [4.69, 9.17) is 18.9 Å². The van der Waals surface area contributed by atoms with E-state index in [-0.39, 0.29) is 12.0 Å². The summed E-state index contributed by atoms with van der Waals surface area (Å²) in [6, 6.07) is 22.8. The maximum atomic E-state index is 11.7. The van der Waals surface area contributed by atoms with Gasteiger partial charge in [0.1, 0.15) is 24.7 Å². The Morgan fingerprint density at radius 1 is 1.05 bits per heavy atom. The summed E-state index contributed by atoms with van der Waals surface area (Å²) in [5.74, 6) is 2.02. The SMILES string of the molecule is CNC(=O)Cc1cccc(OCc2ccc(C3CCNCC3OCc3ccc4c(c3)N(CCCOC)CCO4)cc2)c1. The molecule has 8 heteroatoms. The fourth-order valence-corrected chi connectivity index (χ4v) is 5.68. The lowest BCUT2D eigenvalue weighted by Gasteiger charge is -2.33. The molecule has 1 saturated heterocycles.